The van der Waals surface area contributed by atoms with Gasteiger partial charge in [-0.3, -0.25) is 4.79 Å². The summed E-state index contributed by atoms with van der Waals surface area (Å²) in [6.07, 6.45) is 7.50. The topological polar surface area (TPSA) is 29.1 Å². The second-order valence-corrected chi connectivity index (χ2v) is 5.32. The molecule has 0 aliphatic heterocycles. The number of benzene rings is 1. The minimum atomic E-state index is 0.0325. The molecule has 20 heavy (non-hydrogen) atoms. The molecule has 2 nitrogen and oxygen atoms in total. The third kappa shape index (κ3) is 5.60. The third-order valence-corrected chi connectivity index (χ3v) is 3.69. The van der Waals surface area contributed by atoms with Crippen LogP contribution in [0.2, 0.25) is 0 Å². The molecular formula is C18H27NO. The molecule has 1 amide bonds. The van der Waals surface area contributed by atoms with Crippen molar-refractivity contribution >= 4 is 5.91 Å². The van der Waals surface area contributed by atoms with Crippen LogP contribution >= 0.6 is 0 Å². The van der Waals surface area contributed by atoms with Gasteiger partial charge in [0.15, 0.2) is 0 Å². The highest BCUT2D eigenvalue weighted by Gasteiger charge is 2.09. The van der Waals surface area contributed by atoms with Gasteiger partial charge >= 0.3 is 0 Å². The van der Waals surface area contributed by atoms with Gasteiger partial charge in [0.2, 0.25) is 0 Å². The van der Waals surface area contributed by atoms with E-state index in [2.05, 4.69) is 25.7 Å². The average Bonchev–Trinajstić information content (AvgIpc) is 2.48. The highest BCUT2D eigenvalue weighted by atomic mass is 16.1. The van der Waals surface area contributed by atoms with Crippen molar-refractivity contribution in [3.05, 3.63) is 48.0 Å². The fourth-order valence-corrected chi connectivity index (χ4v) is 2.24. The van der Waals surface area contributed by atoms with Gasteiger partial charge in [0.25, 0.3) is 5.91 Å². The number of hydrogen-bond donors (Lipinski definition) is 1. The monoisotopic (exact) mass is 273 g/mol. The number of nitrogens with one attached hydrogen (secondary N) is 1. The molecule has 0 aliphatic rings. The number of carbonyl (C=O) groups excluding carboxylic acids is 1. The summed E-state index contributed by atoms with van der Waals surface area (Å²) in [7, 11) is 0. The summed E-state index contributed by atoms with van der Waals surface area (Å²) in [5.41, 5.74) is 1.93. The van der Waals surface area contributed by atoms with Crippen LogP contribution in [0.3, 0.4) is 0 Å². The molecule has 2 heteroatoms. The van der Waals surface area contributed by atoms with Gasteiger partial charge in [-0.25, -0.2) is 0 Å². The van der Waals surface area contributed by atoms with E-state index in [1.807, 2.05) is 30.3 Å². The zero-order valence-corrected chi connectivity index (χ0v) is 12.8. The third-order valence-electron chi connectivity index (χ3n) is 3.69. The van der Waals surface area contributed by atoms with Crippen LogP contribution in [0, 0.1) is 5.92 Å². The molecule has 0 bridgehead atoms. The first kappa shape index (κ1) is 16.5. The Balaban J connectivity index is 2.46. The molecule has 0 saturated heterocycles. The lowest BCUT2D eigenvalue weighted by Gasteiger charge is -2.15. The molecule has 0 aliphatic carbocycles. The summed E-state index contributed by atoms with van der Waals surface area (Å²) in [6.45, 7) is 8.89. The fourth-order valence-electron chi connectivity index (χ4n) is 2.24. The second-order valence-electron chi connectivity index (χ2n) is 5.32. The molecule has 0 radical (unpaired) electrons. The number of hydrogen-bond acceptors (Lipinski definition) is 1. The first-order chi connectivity index (χ1) is 9.71. The molecule has 0 saturated carbocycles. The highest BCUT2D eigenvalue weighted by molar-refractivity contribution is 5.94. The summed E-state index contributed by atoms with van der Waals surface area (Å²) < 4.78 is 0. The molecule has 0 fully saturated rings. The van der Waals surface area contributed by atoms with Gasteiger partial charge in [-0.15, -0.1) is 6.58 Å². The van der Waals surface area contributed by atoms with E-state index in [0.717, 1.165) is 24.9 Å². The Kier molecular flexibility index (Phi) is 7.71. The summed E-state index contributed by atoms with van der Waals surface area (Å²) in [6, 6.07) is 7.76. The van der Waals surface area contributed by atoms with E-state index in [1.165, 1.54) is 24.8 Å². The maximum Gasteiger partial charge on any atom is 0.251 e. The minimum Gasteiger partial charge on any atom is -0.352 e. The number of amides is 1. The number of rotatable bonds is 9. The lowest BCUT2D eigenvalue weighted by Crippen LogP contribution is -2.29. The molecule has 1 aromatic rings. The Morgan fingerprint density at radius 2 is 2.00 bits per heavy atom. The molecule has 1 N–H and O–H groups in total. The fraction of sp³-hybridized carbons (Fsp3) is 0.500. The lowest BCUT2D eigenvalue weighted by atomic mass is 9.99. The highest BCUT2D eigenvalue weighted by Crippen LogP contribution is 2.12. The van der Waals surface area contributed by atoms with E-state index >= 15 is 0 Å². The first-order valence-corrected chi connectivity index (χ1v) is 7.69. The number of carbonyl (C=O) groups is 1. The minimum absolute atomic E-state index is 0.0325. The molecular weight excluding hydrogens is 246 g/mol. The van der Waals surface area contributed by atoms with Gasteiger partial charge in [-0.05, 0) is 36.5 Å². The largest absolute Gasteiger partial charge is 0.352 e. The predicted octanol–water partition coefficient (Wildman–Crippen LogP) is 4.36. The van der Waals surface area contributed by atoms with Crippen LogP contribution in [0.4, 0.5) is 0 Å². The Bertz CT molecular complexity index is 408. The predicted molar refractivity (Wildman–Crippen MR) is 86.0 cm³/mol. The molecule has 110 valence electrons. The summed E-state index contributed by atoms with van der Waals surface area (Å²) in [5, 5.41) is 3.05. The van der Waals surface area contributed by atoms with Gasteiger partial charge in [-0.1, -0.05) is 51.3 Å². The molecule has 0 heterocycles. The van der Waals surface area contributed by atoms with Crippen LogP contribution in [-0.2, 0) is 6.42 Å². The SMILES string of the molecule is C=CCc1ccc(C(=O)NCC(CC)CCCC)cc1. The Labute approximate surface area is 123 Å². The van der Waals surface area contributed by atoms with Gasteiger partial charge in [0.1, 0.15) is 0 Å². The van der Waals surface area contributed by atoms with Gasteiger partial charge in [0, 0.05) is 12.1 Å². The number of allylic oxidation sites excluding steroid dienone is 1. The van der Waals surface area contributed by atoms with Crippen molar-refractivity contribution in [3.8, 4) is 0 Å². The maximum atomic E-state index is 12.1. The Morgan fingerprint density at radius 3 is 2.55 bits per heavy atom. The first-order valence-electron chi connectivity index (χ1n) is 7.69. The van der Waals surface area contributed by atoms with Crippen molar-refractivity contribution in [1.82, 2.24) is 5.32 Å². The van der Waals surface area contributed by atoms with Crippen LogP contribution < -0.4 is 5.32 Å². The van der Waals surface area contributed by atoms with E-state index in [4.69, 9.17) is 0 Å². The molecule has 0 aromatic heterocycles. The molecule has 1 rings (SSSR count). The van der Waals surface area contributed by atoms with Crippen LogP contribution in [0.15, 0.2) is 36.9 Å². The van der Waals surface area contributed by atoms with Crippen molar-refractivity contribution in [1.29, 1.82) is 0 Å². The van der Waals surface area contributed by atoms with E-state index < -0.39 is 0 Å². The van der Waals surface area contributed by atoms with E-state index in [9.17, 15) is 4.79 Å². The van der Waals surface area contributed by atoms with Gasteiger partial charge in [0.05, 0.1) is 0 Å². The van der Waals surface area contributed by atoms with Gasteiger partial charge < -0.3 is 5.32 Å². The van der Waals surface area contributed by atoms with E-state index in [0.29, 0.717) is 5.92 Å². The van der Waals surface area contributed by atoms with Crippen LogP contribution in [0.5, 0.6) is 0 Å². The van der Waals surface area contributed by atoms with Crippen molar-refractivity contribution in [2.75, 3.05) is 6.54 Å². The zero-order valence-electron chi connectivity index (χ0n) is 12.8. The van der Waals surface area contributed by atoms with Crippen molar-refractivity contribution in [2.24, 2.45) is 5.92 Å². The summed E-state index contributed by atoms with van der Waals surface area (Å²) in [4.78, 5) is 12.1. The average molecular weight is 273 g/mol. The van der Waals surface area contributed by atoms with Crippen molar-refractivity contribution < 1.29 is 4.79 Å². The quantitative estimate of drug-likeness (QED) is 0.665. The zero-order chi connectivity index (χ0) is 14.8. The molecule has 0 spiro atoms. The van der Waals surface area contributed by atoms with Crippen LogP contribution in [-0.4, -0.2) is 12.5 Å². The van der Waals surface area contributed by atoms with Crippen molar-refractivity contribution in [3.63, 3.8) is 0 Å². The Morgan fingerprint density at radius 1 is 1.30 bits per heavy atom. The van der Waals surface area contributed by atoms with E-state index in [1.54, 1.807) is 0 Å². The second kappa shape index (κ2) is 9.35. The summed E-state index contributed by atoms with van der Waals surface area (Å²) >= 11 is 0. The van der Waals surface area contributed by atoms with Gasteiger partial charge in [-0.2, -0.15) is 0 Å². The van der Waals surface area contributed by atoms with E-state index in [-0.39, 0.29) is 5.91 Å². The number of unbranched alkanes of at least 4 members (excludes halogenated alkanes) is 1. The smallest absolute Gasteiger partial charge is 0.251 e. The lowest BCUT2D eigenvalue weighted by molar-refractivity contribution is 0.0946. The maximum absolute atomic E-state index is 12.1. The molecule has 1 unspecified atom stereocenters. The van der Waals surface area contributed by atoms with Crippen LogP contribution in [0.1, 0.15) is 55.5 Å². The molecule has 1 atom stereocenters. The molecule has 1 aromatic carbocycles. The summed E-state index contributed by atoms with van der Waals surface area (Å²) in [5.74, 6) is 0.629. The van der Waals surface area contributed by atoms with Crippen molar-refractivity contribution in [2.45, 2.75) is 46.0 Å². The normalized spacial score (nSPS) is 11.9. The van der Waals surface area contributed by atoms with Crippen LogP contribution in [0.25, 0.3) is 0 Å². The standard InChI is InChI=1S/C18H27NO/c1-4-7-9-15(6-3)14-19-18(20)17-12-10-16(8-5-2)11-13-17/h5,10-13,15H,2,4,6-9,14H2,1,3H3,(H,19,20). The Hall–Kier alpha value is -1.57.